The number of benzene rings is 4. The number of aryl methyl sites for hydroxylation is 1. The Kier molecular flexibility index (Phi) is 7.15. The Hall–Kier alpha value is -4.06. The molecule has 0 saturated carbocycles. The van der Waals surface area contributed by atoms with Crippen molar-refractivity contribution in [3.8, 4) is 5.75 Å². The monoisotopic (exact) mass is 489 g/mol. The van der Waals surface area contributed by atoms with Gasteiger partial charge < -0.3 is 10.1 Å². The SMILES string of the molecule is COc1ccc(NC(=O)C(Cc2ccc(C)cc2)(c2ccccc2)c2ccccc2)cc1C(F)(F)F. The number of hydrogen-bond acceptors (Lipinski definition) is 2. The molecule has 0 fully saturated rings. The topological polar surface area (TPSA) is 38.3 Å². The molecule has 0 unspecified atom stereocenters. The maximum atomic E-state index is 14.2. The van der Waals surface area contributed by atoms with E-state index in [0.29, 0.717) is 6.42 Å². The Morgan fingerprint density at radius 3 is 1.86 bits per heavy atom. The lowest BCUT2D eigenvalue weighted by Gasteiger charge is -2.34. The van der Waals surface area contributed by atoms with E-state index in [4.69, 9.17) is 4.74 Å². The third-order valence-electron chi connectivity index (χ3n) is 6.27. The van der Waals surface area contributed by atoms with Crippen molar-refractivity contribution in [1.82, 2.24) is 0 Å². The lowest BCUT2D eigenvalue weighted by atomic mass is 9.69. The number of methoxy groups -OCH3 is 1. The fourth-order valence-electron chi connectivity index (χ4n) is 4.42. The fraction of sp³-hybridized carbons (Fsp3) is 0.167. The van der Waals surface area contributed by atoms with Gasteiger partial charge in [0.25, 0.3) is 0 Å². The summed E-state index contributed by atoms with van der Waals surface area (Å²) in [4.78, 5) is 14.2. The first-order chi connectivity index (χ1) is 17.2. The third-order valence-corrected chi connectivity index (χ3v) is 6.27. The molecule has 0 aliphatic heterocycles. The fourth-order valence-corrected chi connectivity index (χ4v) is 4.42. The number of nitrogens with one attached hydrogen (secondary N) is 1. The number of carbonyl (C=O) groups is 1. The van der Waals surface area contributed by atoms with Crippen molar-refractivity contribution in [2.24, 2.45) is 0 Å². The maximum Gasteiger partial charge on any atom is 0.420 e. The van der Waals surface area contributed by atoms with Gasteiger partial charge in [0.05, 0.1) is 12.7 Å². The van der Waals surface area contributed by atoms with Crippen LogP contribution in [0.1, 0.15) is 27.8 Å². The molecule has 3 nitrogen and oxygen atoms in total. The maximum absolute atomic E-state index is 14.2. The molecule has 0 atom stereocenters. The first-order valence-electron chi connectivity index (χ1n) is 11.5. The van der Waals surface area contributed by atoms with Gasteiger partial charge in [-0.25, -0.2) is 0 Å². The first kappa shape index (κ1) is 25.0. The minimum Gasteiger partial charge on any atom is -0.496 e. The Labute approximate surface area is 208 Å². The number of ether oxygens (including phenoxy) is 1. The number of amides is 1. The molecule has 0 bridgehead atoms. The van der Waals surface area contributed by atoms with E-state index in [2.05, 4.69) is 5.32 Å². The van der Waals surface area contributed by atoms with Crippen molar-refractivity contribution in [3.05, 3.63) is 131 Å². The summed E-state index contributed by atoms with van der Waals surface area (Å²) in [6.07, 6.45) is -4.32. The summed E-state index contributed by atoms with van der Waals surface area (Å²) in [5.41, 5.74) is 1.37. The van der Waals surface area contributed by atoms with Crippen molar-refractivity contribution >= 4 is 11.6 Å². The van der Waals surface area contributed by atoms with Crippen LogP contribution < -0.4 is 10.1 Å². The average Bonchev–Trinajstić information content (AvgIpc) is 2.89. The molecule has 0 aliphatic carbocycles. The van der Waals surface area contributed by atoms with E-state index in [1.165, 1.54) is 19.2 Å². The number of alkyl halides is 3. The van der Waals surface area contributed by atoms with Gasteiger partial charge in [0, 0.05) is 5.69 Å². The summed E-state index contributed by atoms with van der Waals surface area (Å²) in [6, 6.07) is 30.1. The standard InChI is InChI=1S/C30H26F3NO2/c1-21-13-15-22(16-14-21)20-29(23-9-5-3-6-10-23,24-11-7-4-8-12-24)28(35)34-25-17-18-27(36-2)26(19-25)30(31,32)33/h3-19H,20H2,1-2H3,(H,34,35). The van der Waals surface area contributed by atoms with Crippen molar-refractivity contribution in [3.63, 3.8) is 0 Å². The summed E-state index contributed by atoms with van der Waals surface area (Å²) in [7, 11) is 1.18. The van der Waals surface area contributed by atoms with Gasteiger partial charge >= 0.3 is 6.18 Å². The highest BCUT2D eigenvalue weighted by Gasteiger charge is 2.42. The second-order valence-electron chi connectivity index (χ2n) is 8.67. The molecule has 0 aliphatic rings. The molecule has 6 heteroatoms. The van der Waals surface area contributed by atoms with E-state index in [-0.39, 0.29) is 11.4 Å². The lowest BCUT2D eigenvalue weighted by molar-refractivity contribution is -0.138. The molecule has 0 spiro atoms. The molecule has 184 valence electrons. The second-order valence-corrected chi connectivity index (χ2v) is 8.67. The van der Waals surface area contributed by atoms with Crippen LogP contribution in [0.3, 0.4) is 0 Å². The summed E-state index contributed by atoms with van der Waals surface area (Å²) in [5.74, 6) is -0.740. The van der Waals surface area contributed by atoms with Crippen molar-refractivity contribution < 1.29 is 22.7 Å². The highest BCUT2D eigenvalue weighted by Crippen LogP contribution is 2.40. The highest BCUT2D eigenvalue weighted by molar-refractivity contribution is 6.02. The van der Waals surface area contributed by atoms with E-state index >= 15 is 0 Å². The Morgan fingerprint density at radius 2 is 1.36 bits per heavy atom. The van der Waals surface area contributed by atoms with Crippen LogP contribution in [0.5, 0.6) is 5.75 Å². The van der Waals surface area contributed by atoms with Crippen molar-refractivity contribution in [2.45, 2.75) is 24.9 Å². The van der Waals surface area contributed by atoms with Crippen LogP contribution >= 0.6 is 0 Å². The van der Waals surface area contributed by atoms with Crippen LogP contribution in [-0.2, 0) is 22.8 Å². The van der Waals surface area contributed by atoms with E-state index < -0.39 is 23.1 Å². The molecule has 1 N–H and O–H groups in total. The molecule has 0 aromatic heterocycles. The molecular weight excluding hydrogens is 463 g/mol. The van der Waals surface area contributed by atoms with Crippen LogP contribution in [-0.4, -0.2) is 13.0 Å². The number of rotatable bonds is 7. The molecular formula is C30H26F3NO2. The largest absolute Gasteiger partial charge is 0.496 e. The molecule has 0 heterocycles. The number of anilines is 1. The minimum atomic E-state index is -4.63. The number of halogens is 3. The summed E-state index contributed by atoms with van der Waals surface area (Å²) in [6.45, 7) is 1.99. The molecule has 4 aromatic rings. The third kappa shape index (κ3) is 5.13. The predicted octanol–water partition coefficient (Wildman–Crippen LogP) is 7.19. The van der Waals surface area contributed by atoms with Gasteiger partial charge in [-0.2, -0.15) is 13.2 Å². The highest BCUT2D eigenvalue weighted by atomic mass is 19.4. The smallest absolute Gasteiger partial charge is 0.420 e. The van der Waals surface area contributed by atoms with Gasteiger partial charge in [-0.05, 0) is 48.2 Å². The zero-order valence-corrected chi connectivity index (χ0v) is 20.0. The quantitative estimate of drug-likeness (QED) is 0.298. The van der Waals surface area contributed by atoms with Gasteiger partial charge in [-0.15, -0.1) is 0 Å². The first-order valence-corrected chi connectivity index (χ1v) is 11.5. The molecule has 1 amide bonds. The van der Waals surface area contributed by atoms with E-state index in [9.17, 15) is 18.0 Å². The summed E-state index contributed by atoms with van der Waals surface area (Å²) >= 11 is 0. The normalized spacial score (nSPS) is 11.7. The predicted molar refractivity (Wildman–Crippen MR) is 135 cm³/mol. The van der Waals surface area contributed by atoms with Crippen molar-refractivity contribution in [1.29, 1.82) is 0 Å². The molecule has 36 heavy (non-hydrogen) atoms. The molecule has 0 radical (unpaired) electrons. The second kappa shape index (κ2) is 10.3. The van der Waals surface area contributed by atoms with Gasteiger partial charge in [0.2, 0.25) is 5.91 Å². The van der Waals surface area contributed by atoms with Crippen LogP contribution in [0, 0.1) is 6.92 Å². The van der Waals surface area contributed by atoms with Crippen molar-refractivity contribution in [2.75, 3.05) is 12.4 Å². The lowest BCUT2D eigenvalue weighted by Crippen LogP contribution is -2.43. The molecule has 4 aromatic carbocycles. The van der Waals surface area contributed by atoms with E-state index in [1.54, 1.807) is 0 Å². The molecule has 4 rings (SSSR count). The summed E-state index contributed by atoms with van der Waals surface area (Å²) in [5, 5.41) is 2.78. The van der Waals surface area contributed by atoms with E-state index in [1.807, 2.05) is 91.9 Å². The van der Waals surface area contributed by atoms with Crippen LogP contribution in [0.25, 0.3) is 0 Å². The van der Waals surface area contributed by atoms with Crippen LogP contribution in [0.15, 0.2) is 103 Å². The van der Waals surface area contributed by atoms with Crippen LogP contribution in [0.4, 0.5) is 18.9 Å². The van der Waals surface area contributed by atoms with E-state index in [0.717, 1.165) is 28.3 Å². The Bertz CT molecular complexity index is 1280. The van der Waals surface area contributed by atoms with Gasteiger partial charge in [-0.3, -0.25) is 4.79 Å². The van der Waals surface area contributed by atoms with Gasteiger partial charge in [0.15, 0.2) is 0 Å². The van der Waals surface area contributed by atoms with Gasteiger partial charge in [0.1, 0.15) is 11.2 Å². The molecule has 0 saturated heterocycles. The van der Waals surface area contributed by atoms with Gasteiger partial charge in [-0.1, -0.05) is 90.5 Å². The zero-order valence-electron chi connectivity index (χ0n) is 20.0. The number of hydrogen-bond donors (Lipinski definition) is 1. The average molecular weight is 490 g/mol. The Balaban J connectivity index is 1.86. The summed E-state index contributed by atoms with van der Waals surface area (Å²) < 4.78 is 45.8. The number of carbonyl (C=O) groups excluding carboxylic acids is 1. The zero-order chi connectivity index (χ0) is 25.8. The Morgan fingerprint density at radius 1 is 0.806 bits per heavy atom. The minimum absolute atomic E-state index is 0.0354. The van der Waals surface area contributed by atoms with Crippen LogP contribution in [0.2, 0.25) is 0 Å².